The number of nitrogens with zero attached hydrogens (tertiary/aromatic N) is 3. The van der Waals surface area contributed by atoms with Gasteiger partial charge in [0.1, 0.15) is 19.3 Å². The van der Waals surface area contributed by atoms with E-state index in [0.29, 0.717) is 40.5 Å². The van der Waals surface area contributed by atoms with Gasteiger partial charge in [-0.05, 0) is 43.5 Å². The van der Waals surface area contributed by atoms with E-state index in [0.717, 1.165) is 23.3 Å². The van der Waals surface area contributed by atoms with Gasteiger partial charge in [0.15, 0.2) is 11.5 Å². The van der Waals surface area contributed by atoms with E-state index in [9.17, 15) is 4.79 Å². The fraction of sp³-hybridized carbons (Fsp3) is 0.321. The van der Waals surface area contributed by atoms with Gasteiger partial charge < -0.3 is 19.5 Å². The molecule has 0 saturated heterocycles. The van der Waals surface area contributed by atoms with E-state index in [1.807, 2.05) is 37.3 Å². The third kappa shape index (κ3) is 5.99. The van der Waals surface area contributed by atoms with Gasteiger partial charge in [-0.3, -0.25) is 0 Å². The smallest absolute Gasteiger partial charge is 0.338 e. The molecule has 9 heteroatoms. The van der Waals surface area contributed by atoms with E-state index in [1.54, 1.807) is 29.6 Å². The summed E-state index contributed by atoms with van der Waals surface area (Å²) in [5, 5.41) is 8.59. The van der Waals surface area contributed by atoms with Crippen molar-refractivity contribution in [1.29, 1.82) is 0 Å². The summed E-state index contributed by atoms with van der Waals surface area (Å²) in [6.45, 7) is 10.2. The summed E-state index contributed by atoms with van der Waals surface area (Å²) in [5.41, 5.74) is 4.14. The number of carbonyl (C=O) groups excluding carboxylic acids is 1. The van der Waals surface area contributed by atoms with Gasteiger partial charge in [0.25, 0.3) is 0 Å². The Hall–Kier alpha value is -3.72. The lowest BCUT2D eigenvalue weighted by molar-refractivity contribution is -0.138. The van der Waals surface area contributed by atoms with Crippen molar-refractivity contribution in [3.63, 3.8) is 0 Å². The molecule has 0 fully saturated rings. The molecule has 0 amide bonds. The van der Waals surface area contributed by atoms with Crippen LogP contribution in [0, 0.1) is 6.92 Å². The van der Waals surface area contributed by atoms with Crippen LogP contribution >= 0.6 is 11.8 Å². The molecule has 0 aliphatic carbocycles. The predicted molar refractivity (Wildman–Crippen MR) is 145 cm³/mol. The van der Waals surface area contributed by atoms with Crippen molar-refractivity contribution in [3.8, 4) is 11.5 Å². The molecule has 2 heterocycles. The quantitative estimate of drug-likeness (QED) is 0.196. The second kappa shape index (κ2) is 12.0. The van der Waals surface area contributed by atoms with Crippen LogP contribution < -0.4 is 14.8 Å². The number of thioether (sulfide) groups is 1. The number of ether oxygens (including phenoxy) is 3. The number of allylic oxidation sites excluding steroid dienone is 1. The molecule has 1 unspecified atom stereocenters. The van der Waals surface area contributed by atoms with Crippen LogP contribution in [0.15, 0.2) is 71.5 Å². The summed E-state index contributed by atoms with van der Waals surface area (Å²) in [5.74, 6) is 2.19. The van der Waals surface area contributed by atoms with Crippen molar-refractivity contribution in [3.05, 3.63) is 83.1 Å². The first-order valence-electron chi connectivity index (χ1n) is 12.2. The lowest BCUT2D eigenvalue weighted by Crippen LogP contribution is -2.29. The molecular formula is C28H32N4O4S. The first-order valence-corrected chi connectivity index (χ1v) is 13.1. The number of carbonyl (C=O) groups is 1. The zero-order valence-corrected chi connectivity index (χ0v) is 22.4. The average molecular weight is 521 g/mol. The molecule has 8 nitrogen and oxygen atoms in total. The highest BCUT2D eigenvalue weighted by Gasteiger charge is 2.35. The second-order valence-corrected chi connectivity index (χ2v) is 9.71. The van der Waals surface area contributed by atoms with E-state index in [4.69, 9.17) is 19.3 Å². The Morgan fingerprint density at radius 2 is 2.05 bits per heavy atom. The number of aromatic nitrogens is 3. The van der Waals surface area contributed by atoms with Gasteiger partial charge in [-0.1, -0.05) is 67.2 Å². The molecule has 1 atom stereocenters. The summed E-state index contributed by atoms with van der Waals surface area (Å²) in [6, 6.07) is 13.3. The SMILES string of the molecule is C=CCOC(=O)C1=C(C)Nc2nc(SCCC)nn2C1c1ccc(OCc2cccc(C)c2)c(OC)c1. The van der Waals surface area contributed by atoms with Gasteiger partial charge in [0.2, 0.25) is 11.1 Å². The van der Waals surface area contributed by atoms with Crippen molar-refractivity contribution in [1.82, 2.24) is 14.8 Å². The Bertz CT molecular complexity index is 1320. The normalized spacial score (nSPS) is 14.5. The molecule has 2 aromatic carbocycles. The molecule has 1 aliphatic heterocycles. The van der Waals surface area contributed by atoms with Crippen molar-refractivity contribution < 1.29 is 19.0 Å². The lowest BCUT2D eigenvalue weighted by atomic mass is 9.95. The summed E-state index contributed by atoms with van der Waals surface area (Å²) >= 11 is 1.58. The second-order valence-electron chi connectivity index (χ2n) is 8.65. The standard InChI is InChI=1S/C28H32N4O4S/c1-6-13-35-26(33)24-19(4)29-27-30-28(37-14-7-2)31-32(27)25(24)21-11-12-22(23(16-21)34-5)36-17-20-10-8-9-18(3)15-20/h6,8-12,15-16,25H,1,7,13-14,17H2,2-5H3,(H,29,30,31). The highest BCUT2D eigenvalue weighted by Crippen LogP contribution is 2.40. The maximum atomic E-state index is 13.2. The molecule has 3 aromatic rings. The molecular weight excluding hydrogens is 488 g/mol. The van der Waals surface area contributed by atoms with E-state index in [2.05, 4.69) is 42.9 Å². The van der Waals surface area contributed by atoms with Crippen LogP contribution in [0.5, 0.6) is 11.5 Å². The fourth-order valence-electron chi connectivity index (χ4n) is 4.11. The van der Waals surface area contributed by atoms with Crippen LogP contribution in [-0.2, 0) is 16.1 Å². The summed E-state index contributed by atoms with van der Waals surface area (Å²) < 4.78 is 18.9. The zero-order chi connectivity index (χ0) is 26.4. The Morgan fingerprint density at radius 1 is 1.22 bits per heavy atom. The number of fused-ring (bicyclic) bond motifs is 1. The number of benzene rings is 2. The summed E-state index contributed by atoms with van der Waals surface area (Å²) in [7, 11) is 1.60. The summed E-state index contributed by atoms with van der Waals surface area (Å²) in [4.78, 5) is 17.8. The molecule has 194 valence electrons. The minimum Gasteiger partial charge on any atom is -0.493 e. The topological polar surface area (TPSA) is 87.5 Å². The van der Waals surface area contributed by atoms with Gasteiger partial charge in [-0.2, -0.15) is 4.98 Å². The highest BCUT2D eigenvalue weighted by molar-refractivity contribution is 7.99. The van der Waals surface area contributed by atoms with Crippen LogP contribution in [0.25, 0.3) is 0 Å². The number of nitrogens with one attached hydrogen (secondary N) is 1. The van der Waals surface area contributed by atoms with Crippen molar-refractivity contribution >= 4 is 23.7 Å². The van der Waals surface area contributed by atoms with Gasteiger partial charge in [-0.15, -0.1) is 5.10 Å². The molecule has 0 bridgehead atoms. The van der Waals surface area contributed by atoms with Gasteiger partial charge in [0, 0.05) is 11.4 Å². The first-order chi connectivity index (χ1) is 17.9. The molecule has 4 rings (SSSR count). The van der Waals surface area contributed by atoms with E-state index >= 15 is 0 Å². The van der Waals surface area contributed by atoms with Crippen LogP contribution in [0.1, 0.15) is 43.0 Å². The molecule has 37 heavy (non-hydrogen) atoms. The largest absolute Gasteiger partial charge is 0.493 e. The number of anilines is 1. The van der Waals surface area contributed by atoms with Gasteiger partial charge in [-0.25, -0.2) is 9.48 Å². The Labute approximate surface area is 221 Å². The minimum absolute atomic E-state index is 0.110. The lowest BCUT2D eigenvalue weighted by Gasteiger charge is -2.28. The Morgan fingerprint density at radius 3 is 2.78 bits per heavy atom. The minimum atomic E-state index is -0.559. The predicted octanol–water partition coefficient (Wildman–Crippen LogP) is 5.69. The highest BCUT2D eigenvalue weighted by atomic mass is 32.2. The fourth-order valence-corrected chi connectivity index (χ4v) is 4.79. The number of esters is 1. The molecule has 1 aromatic heterocycles. The molecule has 0 radical (unpaired) electrons. The van der Waals surface area contributed by atoms with Crippen LogP contribution in [-0.4, -0.2) is 40.2 Å². The Balaban J connectivity index is 1.70. The first kappa shape index (κ1) is 26.3. The van der Waals surface area contributed by atoms with Crippen LogP contribution in [0.4, 0.5) is 5.95 Å². The summed E-state index contributed by atoms with van der Waals surface area (Å²) in [6.07, 6.45) is 2.55. The number of hydrogen-bond acceptors (Lipinski definition) is 8. The molecule has 1 N–H and O–H groups in total. The van der Waals surface area contributed by atoms with E-state index < -0.39 is 12.0 Å². The van der Waals surface area contributed by atoms with Gasteiger partial charge in [0.05, 0.1) is 12.7 Å². The number of hydrogen-bond donors (Lipinski definition) is 1. The van der Waals surface area contributed by atoms with Crippen molar-refractivity contribution in [2.24, 2.45) is 0 Å². The van der Waals surface area contributed by atoms with Gasteiger partial charge >= 0.3 is 5.97 Å². The third-order valence-corrected chi connectivity index (χ3v) is 6.84. The molecule has 0 spiro atoms. The maximum absolute atomic E-state index is 13.2. The number of aryl methyl sites for hydroxylation is 1. The molecule has 1 aliphatic rings. The van der Waals surface area contributed by atoms with E-state index in [-0.39, 0.29) is 6.61 Å². The number of methoxy groups -OCH3 is 1. The zero-order valence-electron chi connectivity index (χ0n) is 21.6. The Kier molecular flexibility index (Phi) is 8.55. The average Bonchev–Trinajstić information content (AvgIpc) is 3.30. The van der Waals surface area contributed by atoms with Crippen LogP contribution in [0.3, 0.4) is 0 Å². The van der Waals surface area contributed by atoms with Crippen LogP contribution in [0.2, 0.25) is 0 Å². The maximum Gasteiger partial charge on any atom is 0.338 e. The number of rotatable bonds is 11. The monoisotopic (exact) mass is 520 g/mol. The third-order valence-electron chi connectivity index (χ3n) is 5.80. The van der Waals surface area contributed by atoms with Crippen molar-refractivity contribution in [2.75, 3.05) is 24.8 Å². The molecule has 0 saturated carbocycles. The van der Waals surface area contributed by atoms with Crippen molar-refractivity contribution in [2.45, 2.75) is 45.0 Å². The van der Waals surface area contributed by atoms with E-state index in [1.165, 1.54) is 5.56 Å².